The van der Waals surface area contributed by atoms with Crippen LogP contribution in [0.15, 0.2) is 170 Å². The third-order valence-electron chi connectivity index (χ3n) is 16.2. The summed E-state index contributed by atoms with van der Waals surface area (Å²) in [6.07, 6.45) is 0.594. The second-order valence-corrected chi connectivity index (χ2v) is 22.4. The number of phenols is 6. The minimum absolute atomic E-state index is 0.00395. The first-order chi connectivity index (χ1) is 44.5. The molecule has 2 unspecified atom stereocenters. The number of benzene rings is 11. The van der Waals surface area contributed by atoms with E-state index in [9.17, 15) is 40.2 Å². The van der Waals surface area contributed by atoms with Gasteiger partial charge in [-0.3, -0.25) is 38.6 Å². The van der Waals surface area contributed by atoms with Crippen molar-refractivity contribution in [2.24, 2.45) is 0 Å². The number of aromatic hydroxyl groups is 6. The molecule has 0 fully saturated rings. The van der Waals surface area contributed by atoms with E-state index in [2.05, 4.69) is 10.6 Å². The molecule has 0 aromatic heterocycles. The van der Waals surface area contributed by atoms with Gasteiger partial charge in [0, 0.05) is 93.3 Å². The number of hydrogen-bond acceptors (Lipinski definition) is 16. The Bertz CT molecular complexity index is 4330. The van der Waals surface area contributed by atoms with E-state index < -0.39 is 47.5 Å². The highest BCUT2D eigenvalue weighted by molar-refractivity contribution is 6.45. The SMILES string of the molecule is CCCNC(=O)C(Cc1ccc(O)cc1)N1C(=O)c2cc(Oc3cccc(O)c3)c3c4c(Oc5cccc(O)c5)cc5c6c(cc(Oc7cccc(O)c7)c(c7c(Oc8cccc(O)c8)cc(c2c37)C1=O)c64)C(=O)N(C(Cc1ccc(O)cc1)C(=O)NCCC)C5=O. The number of phenolic OH excluding ortho intramolecular Hbond substituents is 6. The molecule has 0 aliphatic carbocycles. The summed E-state index contributed by atoms with van der Waals surface area (Å²) in [5.74, 6) is -6.57. The van der Waals surface area contributed by atoms with Crippen LogP contribution in [0.4, 0.5) is 0 Å². The van der Waals surface area contributed by atoms with Crippen molar-refractivity contribution >= 4 is 78.5 Å². The van der Waals surface area contributed by atoms with Gasteiger partial charge in [-0.2, -0.15) is 0 Å². The first-order valence-corrected chi connectivity index (χ1v) is 29.6. The van der Waals surface area contributed by atoms with Crippen molar-refractivity contribution in [2.75, 3.05) is 13.1 Å². The highest BCUT2D eigenvalue weighted by atomic mass is 16.5. The number of ether oxygens (including phenoxy) is 4. The third-order valence-corrected chi connectivity index (χ3v) is 16.2. The molecule has 8 N–H and O–H groups in total. The Balaban J connectivity index is 1.20. The zero-order chi connectivity index (χ0) is 64.2. The molecule has 11 aromatic carbocycles. The molecule has 2 aliphatic rings. The minimum atomic E-state index is -1.51. The number of hydrogen-bond donors (Lipinski definition) is 8. The number of carbonyl (C=O) groups excluding carboxylic acids is 6. The van der Waals surface area contributed by atoms with Crippen molar-refractivity contribution in [3.05, 3.63) is 203 Å². The van der Waals surface area contributed by atoms with Crippen LogP contribution in [0.1, 0.15) is 79.2 Å². The Kier molecular flexibility index (Phi) is 15.2. The van der Waals surface area contributed by atoms with E-state index in [0.29, 0.717) is 24.0 Å². The van der Waals surface area contributed by atoms with Crippen LogP contribution in [-0.4, -0.2) is 101 Å². The lowest BCUT2D eigenvalue weighted by atomic mass is 9.80. The molecule has 11 aromatic rings. The molecule has 2 heterocycles. The molecule has 92 heavy (non-hydrogen) atoms. The molecule has 460 valence electrons. The van der Waals surface area contributed by atoms with Crippen molar-refractivity contribution in [2.45, 2.75) is 51.6 Å². The summed E-state index contributed by atoms with van der Waals surface area (Å²) < 4.78 is 27.6. The summed E-state index contributed by atoms with van der Waals surface area (Å²) in [7, 11) is 0. The van der Waals surface area contributed by atoms with Gasteiger partial charge in [-0.05, 0) is 121 Å². The van der Waals surface area contributed by atoms with Crippen LogP contribution in [0.2, 0.25) is 0 Å². The summed E-state index contributed by atoms with van der Waals surface area (Å²) in [6.45, 7) is 4.05. The molecule has 2 aliphatic heterocycles. The Morgan fingerprint density at radius 3 is 0.880 bits per heavy atom. The average Bonchev–Trinajstić information content (AvgIpc) is 0.673. The maximum Gasteiger partial charge on any atom is 0.262 e. The minimum Gasteiger partial charge on any atom is -0.508 e. The highest BCUT2D eigenvalue weighted by Gasteiger charge is 2.46. The van der Waals surface area contributed by atoms with Crippen molar-refractivity contribution in [1.82, 2.24) is 20.4 Å². The van der Waals surface area contributed by atoms with Crippen LogP contribution in [-0.2, 0) is 22.4 Å². The predicted octanol–water partition coefficient (Wildman–Crippen LogP) is 12.6. The molecule has 0 spiro atoms. The Hall–Kier alpha value is -12.1. The van der Waals surface area contributed by atoms with E-state index in [1.807, 2.05) is 13.8 Å². The van der Waals surface area contributed by atoms with Gasteiger partial charge in [0.15, 0.2) is 0 Å². The standard InChI is InChI=1S/C72H56N4O16/c1-3-25-73-67(83)53(27-37-17-21-39(77)22-18-37)75-69(85)49-33-55(89-45-13-5-9-41(79)29-45)61-63-57(91-47-15-7-11-43(81)31-47)35-51-60-52(72(88)76(71(51)87)54(68(84)74-26-4-2)28-38-19-23-40(78)24-20-38)36-58(92-48-16-8-12-44(82)32-48)64(66(60)63)62-56(90-46-14-6-10-42(80)30-46)34-50(70(75)86)59(49)65(61)62/h5-24,29-36,53-54,77-82H,3-4,25-28H2,1-2H3,(H,73,83)(H,74,84). The number of nitrogens with zero attached hydrogens (tertiary/aromatic N) is 2. The van der Waals surface area contributed by atoms with Gasteiger partial charge in [0.25, 0.3) is 23.6 Å². The maximum absolute atomic E-state index is 16.0. The highest BCUT2D eigenvalue weighted by Crippen LogP contribution is 2.58. The zero-order valence-electron chi connectivity index (χ0n) is 49.2. The van der Waals surface area contributed by atoms with Crippen molar-refractivity contribution in [3.63, 3.8) is 0 Å². The van der Waals surface area contributed by atoms with E-state index in [-0.39, 0.29) is 172 Å². The molecule has 20 nitrogen and oxygen atoms in total. The molecule has 13 rings (SSSR count). The normalized spacial score (nSPS) is 13.5. The molecule has 20 heteroatoms. The molecular formula is C72H56N4O16. The average molecular weight is 1230 g/mol. The molecule has 0 bridgehead atoms. The summed E-state index contributed by atoms with van der Waals surface area (Å²) in [4.78, 5) is 95.2. The quantitative estimate of drug-likeness (QED) is 0.0200. The van der Waals surface area contributed by atoms with Gasteiger partial charge in [0.2, 0.25) is 11.8 Å². The lowest BCUT2D eigenvalue weighted by Gasteiger charge is -2.36. The second kappa shape index (κ2) is 23.8. The zero-order valence-corrected chi connectivity index (χ0v) is 49.2. The number of imide groups is 2. The Morgan fingerprint density at radius 1 is 0.359 bits per heavy atom. The molecule has 0 saturated carbocycles. The van der Waals surface area contributed by atoms with Crippen LogP contribution in [0.5, 0.6) is 80.5 Å². The van der Waals surface area contributed by atoms with Gasteiger partial charge in [-0.25, -0.2) is 0 Å². The monoisotopic (exact) mass is 1230 g/mol. The fourth-order valence-corrected chi connectivity index (χ4v) is 12.2. The van der Waals surface area contributed by atoms with E-state index >= 15 is 19.2 Å². The lowest BCUT2D eigenvalue weighted by Crippen LogP contribution is -2.54. The van der Waals surface area contributed by atoms with Crippen molar-refractivity contribution < 1.29 is 78.4 Å². The summed E-state index contributed by atoms with van der Waals surface area (Å²) >= 11 is 0. The molecule has 0 radical (unpaired) electrons. The Labute approximate surface area is 523 Å². The number of amides is 6. The van der Waals surface area contributed by atoms with Gasteiger partial charge in [-0.1, -0.05) is 62.4 Å². The van der Waals surface area contributed by atoms with Gasteiger partial charge in [0.05, 0.1) is 22.3 Å². The number of fused-ring (bicyclic) bond motifs is 2. The predicted molar refractivity (Wildman–Crippen MR) is 339 cm³/mol. The number of rotatable bonds is 20. The number of carbonyl (C=O) groups is 6. The smallest absolute Gasteiger partial charge is 0.262 e. The summed E-state index contributed by atoms with van der Waals surface area (Å²) in [6, 6.07) is 37.6. The second-order valence-electron chi connectivity index (χ2n) is 22.4. The molecule has 0 saturated heterocycles. The molecule has 6 amide bonds. The fraction of sp³-hybridized carbons (Fsp3) is 0.139. The van der Waals surface area contributed by atoms with Gasteiger partial charge >= 0.3 is 0 Å². The van der Waals surface area contributed by atoms with E-state index in [4.69, 9.17) is 18.9 Å². The summed E-state index contributed by atoms with van der Waals surface area (Å²) in [5, 5.41) is 70.6. The van der Waals surface area contributed by atoms with Crippen LogP contribution in [0, 0.1) is 0 Å². The van der Waals surface area contributed by atoms with Crippen LogP contribution >= 0.6 is 0 Å². The fourth-order valence-electron chi connectivity index (χ4n) is 12.2. The molecule has 2 atom stereocenters. The van der Waals surface area contributed by atoms with E-state index in [1.165, 1.54) is 146 Å². The summed E-state index contributed by atoms with van der Waals surface area (Å²) in [5.41, 5.74) is 0.304. The first kappa shape index (κ1) is 58.9. The maximum atomic E-state index is 16.0. The van der Waals surface area contributed by atoms with Gasteiger partial charge in [0.1, 0.15) is 92.6 Å². The van der Waals surface area contributed by atoms with Crippen molar-refractivity contribution in [3.8, 4) is 80.5 Å². The van der Waals surface area contributed by atoms with Crippen LogP contribution < -0.4 is 29.6 Å². The first-order valence-electron chi connectivity index (χ1n) is 29.6. The molecular weight excluding hydrogens is 1180 g/mol. The lowest BCUT2D eigenvalue weighted by molar-refractivity contribution is -0.125. The number of nitrogens with one attached hydrogen (secondary N) is 2. The van der Waals surface area contributed by atoms with Gasteiger partial charge in [-0.15, -0.1) is 0 Å². The third kappa shape index (κ3) is 10.7. The largest absolute Gasteiger partial charge is 0.508 e. The van der Waals surface area contributed by atoms with Crippen LogP contribution in [0.3, 0.4) is 0 Å². The Morgan fingerprint density at radius 2 is 0.630 bits per heavy atom. The van der Waals surface area contributed by atoms with Crippen molar-refractivity contribution in [1.29, 1.82) is 0 Å². The topological polar surface area (TPSA) is 291 Å². The van der Waals surface area contributed by atoms with Crippen LogP contribution in [0.25, 0.3) is 43.1 Å². The van der Waals surface area contributed by atoms with Gasteiger partial charge < -0.3 is 60.2 Å². The van der Waals surface area contributed by atoms with E-state index in [0.717, 1.165) is 9.80 Å². The van der Waals surface area contributed by atoms with E-state index in [1.54, 1.807) is 24.3 Å².